The third-order valence-corrected chi connectivity index (χ3v) is 4.40. The van der Waals surface area contributed by atoms with Crippen molar-refractivity contribution in [3.05, 3.63) is 53.6 Å². The van der Waals surface area contributed by atoms with E-state index in [2.05, 4.69) is 21.6 Å². The fourth-order valence-corrected chi connectivity index (χ4v) is 2.97. The van der Waals surface area contributed by atoms with Gasteiger partial charge in [0.2, 0.25) is 5.91 Å². The van der Waals surface area contributed by atoms with Crippen LogP contribution in [0.15, 0.2) is 48.5 Å². The van der Waals surface area contributed by atoms with E-state index >= 15 is 0 Å². The summed E-state index contributed by atoms with van der Waals surface area (Å²) in [5, 5.41) is 6.75. The van der Waals surface area contributed by atoms with Crippen LogP contribution in [0.2, 0.25) is 5.02 Å². The maximum atomic E-state index is 12.1. The molecule has 3 rings (SSSR count). The highest BCUT2D eigenvalue weighted by atomic mass is 35.5. The van der Waals surface area contributed by atoms with Gasteiger partial charge in [-0.05, 0) is 24.3 Å². The average molecular weight is 360 g/mol. The summed E-state index contributed by atoms with van der Waals surface area (Å²) in [4.78, 5) is 14.4. The van der Waals surface area contributed by atoms with Crippen LogP contribution in [-0.4, -0.2) is 38.8 Å². The van der Waals surface area contributed by atoms with Gasteiger partial charge in [-0.1, -0.05) is 35.9 Å². The van der Waals surface area contributed by atoms with Crippen molar-refractivity contribution in [2.45, 2.75) is 6.42 Å². The third-order valence-electron chi connectivity index (χ3n) is 4.07. The van der Waals surface area contributed by atoms with Gasteiger partial charge in [-0.2, -0.15) is 0 Å². The van der Waals surface area contributed by atoms with Crippen molar-refractivity contribution in [3.8, 4) is 0 Å². The number of nitrogens with one attached hydrogen (secondary N) is 2. The topological polar surface area (TPSA) is 53.6 Å². The molecule has 0 saturated carbocycles. The zero-order valence-corrected chi connectivity index (χ0v) is 14.8. The molecular weight excluding hydrogens is 338 g/mol. The summed E-state index contributed by atoms with van der Waals surface area (Å²) < 4.78 is 5.41. The molecule has 6 heteroatoms. The minimum atomic E-state index is -0.0653. The second-order valence-electron chi connectivity index (χ2n) is 5.82. The number of amides is 1. The first-order valence-corrected chi connectivity index (χ1v) is 8.82. The molecular formula is C19H22ClN3O2. The van der Waals surface area contributed by atoms with Gasteiger partial charge in [0.1, 0.15) is 0 Å². The number of hydrogen-bond acceptors (Lipinski definition) is 4. The van der Waals surface area contributed by atoms with Crippen molar-refractivity contribution in [1.29, 1.82) is 0 Å². The Balaban J connectivity index is 1.53. The van der Waals surface area contributed by atoms with Crippen LogP contribution in [0.25, 0.3) is 0 Å². The van der Waals surface area contributed by atoms with Crippen molar-refractivity contribution in [2.24, 2.45) is 0 Å². The maximum absolute atomic E-state index is 12.1. The zero-order chi connectivity index (χ0) is 17.5. The fourth-order valence-electron chi connectivity index (χ4n) is 2.79. The van der Waals surface area contributed by atoms with E-state index in [0.29, 0.717) is 23.7 Å². The number of halogens is 1. The minimum absolute atomic E-state index is 0.0653. The first kappa shape index (κ1) is 17.6. The second kappa shape index (κ2) is 8.74. The summed E-state index contributed by atoms with van der Waals surface area (Å²) in [5.41, 5.74) is 2.83. The van der Waals surface area contributed by atoms with E-state index in [0.717, 1.165) is 37.7 Å². The van der Waals surface area contributed by atoms with Gasteiger partial charge in [-0.25, -0.2) is 0 Å². The van der Waals surface area contributed by atoms with Crippen LogP contribution in [0.3, 0.4) is 0 Å². The van der Waals surface area contributed by atoms with E-state index in [4.69, 9.17) is 16.3 Å². The van der Waals surface area contributed by atoms with Crippen LogP contribution in [-0.2, 0) is 9.53 Å². The molecule has 0 aromatic heterocycles. The van der Waals surface area contributed by atoms with Gasteiger partial charge < -0.3 is 20.3 Å². The SMILES string of the molecule is O=C(CCNc1ccccc1N1CCOCC1)Nc1ccccc1Cl. The highest BCUT2D eigenvalue weighted by Crippen LogP contribution is 2.26. The molecule has 2 aromatic rings. The number of anilines is 3. The van der Waals surface area contributed by atoms with E-state index in [1.165, 1.54) is 0 Å². The zero-order valence-electron chi connectivity index (χ0n) is 14.0. The number of benzene rings is 2. The van der Waals surface area contributed by atoms with Gasteiger partial charge in [0.25, 0.3) is 0 Å². The Kier molecular flexibility index (Phi) is 6.14. The Morgan fingerprint density at radius 1 is 1.04 bits per heavy atom. The Bertz CT molecular complexity index is 717. The van der Waals surface area contributed by atoms with Crippen LogP contribution in [0.4, 0.5) is 17.1 Å². The van der Waals surface area contributed by atoms with Crippen molar-refractivity contribution in [1.82, 2.24) is 0 Å². The monoisotopic (exact) mass is 359 g/mol. The quantitative estimate of drug-likeness (QED) is 0.827. The highest BCUT2D eigenvalue weighted by molar-refractivity contribution is 6.33. The largest absolute Gasteiger partial charge is 0.383 e. The standard InChI is InChI=1S/C19H22ClN3O2/c20-15-5-1-2-6-16(15)22-19(24)9-10-21-17-7-3-4-8-18(17)23-11-13-25-14-12-23/h1-8,21H,9-14H2,(H,22,24). The molecule has 0 aliphatic carbocycles. The molecule has 1 heterocycles. The van der Waals surface area contributed by atoms with E-state index in [-0.39, 0.29) is 5.91 Å². The molecule has 2 aromatic carbocycles. The second-order valence-corrected chi connectivity index (χ2v) is 6.23. The fraction of sp³-hybridized carbons (Fsp3) is 0.316. The molecule has 1 amide bonds. The molecule has 0 atom stereocenters. The average Bonchev–Trinajstić information content (AvgIpc) is 2.65. The first-order valence-electron chi connectivity index (χ1n) is 8.44. The summed E-state index contributed by atoms with van der Waals surface area (Å²) >= 11 is 6.06. The number of carbonyl (C=O) groups is 1. The summed E-state index contributed by atoms with van der Waals surface area (Å²) in [7, 11) is 0. The number of morpholine rings is 1. The van der Waals surface area contributed by atoms with Crippen LogP contribution in [0.5, 0.6) is 0 Å². The molecule has 0 unspecified atom stereocenters. The first-order chi connectivity index (χ1) is 12.2. The molecule has 132 valence electrons. The van der Waals surface area contributed by atoms with Gasteiger partial charge >= 0.3 is 0 Å². The van der Waals surface area contributed by atoms with Crippen LogP contribution in [0.1, 0.15) is 6.42 Å². The summed E-state index contributed by atoms with van der Waals surface area (Å²) in [6.45, 7) is 3.80. The molecule has 1 aliphatic heterocycles. The lowest BCUT2D eigenvalue weighted by molar-refractivity contribution is -0.115. The van der Waals surface area contributed by atoms with Crippen LogP contribution >= 0.6 is 11.6 Å². The van der Waals surface area contributed by atoms with Crippen molar-refractivity contribution < 1.29 is 9.53 Å². The Morgan fingerprint density at radius 3 is 2.48 bits per heavy atom. The van der Waals surface area contributed by atoms with Gasteiger partial charge in [0.15, 0.2) is 0 Å². The highest BCUT2D eigenvalue weighted by Gasteiger charge is 2.14. The molecule has 25 heavy (non-hydrogen) atoms. The molecule has 0 radical (unpaired) electrons. The number of carbonyl (C=O) groups excluding carboxylic acids is 1. The number of hydrogen-bond donors (Lipinski definition) is 2. The molecule has 5 nitrogen and oxygen atoms in total. The number of rotatable bonds is 6. The molecule has 2 N–H and O–H groups in total. The number of ether oxygens (including phenoxy) is 1. The Morgan fingerprint density at radius 2 is 1.72 bits per heavy atom. The van der Waals surface area contributed by atoms with Gasteiger partial charge in [0.05, 0.1) is 35.3 Å². The van der Waals surface area contributed by atoms with Crippen molar-refractivity contribution in [3.63, 3.8) is 0 Å². The van der Waals surface area contributed by atoms with E-state index in [1.54, 1.807) is 12.1 Å². The summed E-state index contributed by atoms with van der Waals surface area (Å²) in [6.07, 6.45) is 0.364. The molecule has 1 saturated heterocycles. The van der Waals surface area contributed by atoms with Crippen LogP contribution < -0.4 is 15.5 Å². The lowest BCUT2D eigenvalue weighted by Crippen LogP contribution is -2.36. The van der Waals surface area contributed by atoms with Crippen molar-refractivity contribution >= 4 is 34.6 Å². The molecule has 1 fully saturated rings. The van der Waals surface area contributed by atoms with E-state index < -0.39 is 0 Å². The number of para-hydroxylation sites is 3. The van der Waals surface area contributed by atoms with E-state index in [9.17, 15) is 4.79 Å². The summed E-state index contributed by atoms with van der Waals surface area (Å²) in [6, 6.07) is 15.4. The van der Waals surface area contributed by atoms with Gasteiger partial charge in [-0.15, -0.1) is 0 Å². The number of nitrogens with zero attached hydrogens (tertiary/aromatic N) is 1. The van der Waals surface area contributed by atoms with E-state index in [1.807, 2.05) is 30.3 Å². The smallest absolute Gasteiger partial charge is 0.226 e. The predicted molar refractivity (Wildman–Crippen MR) is 103 cm³/mol. The molecule has 0 bridgehead atoms. The predicted octanol–water partition coefficient (Wildman–Crippen LogP) is 3.62. The van der Waals surface area contributed by atoms with Crippen LogP contribution in [0, 0.1) is 0 Å². The molecule has 0 spiro atoms. The summed E-state index contributed by atoms with van der Waals surface area (Å²) in [5.74, 6) is -0.0653. The normalized spacial score (nSPS) is 14.2. The Labute approximate surface area is 152 Å². The maximum Gasteiger partial charge on any atom is 0.226 e. The lowest BCUT2D eigenvalue weighted by Gasteiger charge is -2.30. The molecule has 1 aliphatic rings. The van der Waals surface area contributed by atoms with Gasteiger partial charge in [0, 0.05) is 26.1 Å². The third kappa shape index (κ3) is 4.87. The van der Waals surface area contributed by atoms with Gasteiger partial charge in [-0.3, -0.25) is 4.79 Å². The van der Waals surface area contributed by atoms with Crippen molar-refractivity contribution in [2.75, 3.05) is 48.4 Å². The Hall–Kier alpha value is -2.24. The minimum Gasteiger partial charge on any atom is -0.383 e. The lowest BCUT2D eigenvalue weighted by atomic mass is 10.2.